The molecule has 3 nitrogen and oxygen atoms in total. The fraction of sp³-hybridized carbons (Fsp3) is 0. The van der Waals surface area contributed by atoms with Crippen molar-refractivity contribution in [1.29, 1.82) is 0 Å². The van der Waals surface area contributed by atoms with E-state index >= 15 is 0 Å². The molecule has 0 saturated heterocycles. The maximum absolute atomic E-state index is 4.41. The zero-order valence-corrected chi connectivity index (χ0v) is 15.5. The third kappa shape index (κ3) is 7.36. The topological polar surface area (TPSA) is 37.1 Å². The average molecular weight is 389 g/mol. The maximum atomic E-state index is 4.41. The Balaban J connectivity index is 0.000000379. The molecule has 4 rings (SSSR count). The van der Waals surface area contributed by atoms with Crippen LogP contribution in [0.3, 0.4) is 0 Å². The Kier molecular flexibility index (Phi) is 8.64. The van der Waals surface area contributed by atoms with Crippen molar-refractivity contribution in [3.8, 4) is 0 Å². The van der Waals surface area contributed by atoms with Gasteiger partial charge in [0.2, 0.25) is 0 Å². The molecule has 136 valence electrons. The molecule has 0 fully saturated rings. The number of rotatable bonds is 4. The van der Waals surface area contributed by atoms with Crippen LogP contribution < -0.4 is 0 Å². The first-order chi connectivity index (χ1) is 12.9. The fourth-order valence-electron chi connectivity index (χ4n) is 2.02. The molecule has 0 amide bonds. The van der Waals surface area contributed by atoms with Crippen LogP contribution in [-0.4, -0.2) is 6.21 Å². The Morgan fingerprint density at radius 2 is 1.26 bits per heavy atom. The molecule has 0 bridgehead atoms. The van der Waals surface area contributed by atoms with E-state index in [1.807, 2.05) is 85.1 Å². The number of nitrogens with zero attached hydrogens (tertiary/aromatic N) is 3. The number of hydrogen-bond acceptors (Lipinski definition) is 3. The SMILES string of the molecule is C(=Nc1ccc(N=Nc2ccccc2)cc1)[c-]1cccc1.[Fe].[c-]1[c-][c-][cH-][c-]1. The molecule has 4 aromatic rings. The van der Waals surface area contributed by atoms with E-state index in [0.717, 1.165) is 22.6 Å². The van der Waals surface area contributed by atoms with Crippen molar-refractivity contribution in [2.45, 2.75) is 0 Å². The number of azo groups is 1. The summed E-state index contributed by atoms with van der Waals surface area (Å²) in [6.07, 6.45) is 1.85. The van der Waals surface area contributed by atoms with E-state index in [4.69, 9.17) is 0 Å². The van der Waals surface area contributed by atoms with Crippen LogP contribution in [0.2, 0.25) is 0 Å². The molecule has 0 saturated carbocycles. The summed E-state index contributed by atoms with van der Waals surface area (Å²) in [5.74, 6) is 0. The quantitative estimate of drug-likeness (QED) is 0.173. The van der Waals surface area contributed by atoms with Crippen LogP contribution in [0.15, 0.2) is 100 Å². The van der Waals surface area contributed by atoms with E-state index in [-0.39, 0.29) is 17.1 Å². The van der Waals surface area contributed by atoms with Gasteiger partial charge in [-0.05, 0) is 42.6 Å². The molecule has 0 aromatic heterocycles. The second-order valence-electron chi connectivity index (χ2n) is 5.21. The van der Waals surface area contributed by atoms with Gasteiger partial charge in [0.15, 0.2) is 0 Å². The minimum atomic E-state index is 0. The van der Waals surface area contributed by atoms with Crippen LogP contribution in [0.5, 0.6) is 0 Å². The van der Waals surface area contributed by atoms with Crippen molar-refractivity contribution < 1.29 is 17.1 Å². The molecule has 4 heteroatoms. The zero-order chi connectivity index (χ0) is 17.9. The molecule has 27 heavy (non-hydrogen) atoms. The molecule has 0 heterocycles. The molecule has 0 atom stereocenters. The normalized spacial score (nSPS) is 10.4. The molecule has 0 unspecified atom stereocenters. The largest absolute Gasteiger partial charge is 0.999 e. The molecular weight excluding hydrogens is 374 g/mol. The van der Waals surface area contributed by atoms with E-state index in [2.05, 4.69) is 39.5 Å². The summed E-state index contributed by atoms with van der Waals surface area (Å²) >= 11 is 0. The van der Waals surface area contributed by atoms with E-state index < -0.39 is 0 Å². The van der Waals surface area contributed by atoms with Crippen molar-refractivity contribution in [1.82, 2.24) is 0 Å². The summed E-state index contributed by atoms with van der Waals surface area (Å²) in [7, 11) is 0. The van der Waals surface area contributed by atoms with Crippen molar-refractivity contribution in [2.75, 3.05) is 0 Å². The molecule has 0 aliphatic rings. The maximum Gasteiger partial charge on any atom is 0.0858 e. The predicted octanol–water partition coefficient (Wildman–Crippen LogP) is 6.18. The molecule has 0 N–H and O–H groups in total. The molecule has 0 spiro atoms. The van der Waals surface area contributed by atoms with Gasteiger partial charge in [-0.2, -0.15) is 22.4 Å². The van der Waals surface area contributed by atoms with Gasteiger partial charge in [0.25, 0.3) is 0 Å². The third-order valence-corrected chi connectivity index (χ3v) is 3.29. The fourth-order valence-corrected chi connectivity index (χ4v) is 2.02. The Morgan fingerprint density at radius 1 is 0.704 bits per heavy atom. The molecular formula is C23H15FeN3-6. The van der Waals surface area contributed by atoms with Crippen molar-refractivity contribution in [3.63, 3.8) is 0 Å². The monoisotopic (exact) mass is 389 g/mol. The Morgan fingerprint density at radius 3 is 1.81 bits per heavy atom. The van der Waals surface area contributed by atoms with Gasteiger partial charge in [-0.15, -0.1) is 5.56 Å². The summed E-state index contributed by atoms with van der Waals surface area (Å²) in [5.41, 5.74) is 3.65. The zero-order valence-electron chi connectivity index (χ0n) is 14.4. The third-order valence-electron chi connectivity index (χ3n) is 3.29. The summed E-state index contributed by atoms with van der Waals surface area (Å²) in [4.78, 5) is 4.41. The van der Waals surface area contributed by atoms with E-state index in [9.17, 15) is 0 Å². The second kappa shape index (κ2) is 11.5. The van der Waals surface area contributed by atoms with Crippen molar-refractivity contribution in [3.05, 3.63) is 115 Å². The summed E-state index contributed by atoms with van der Waals surface area (Å²) < 4.78 is 0. The van der Waals surface area contributed by atoms with Crippen LogP contribution in [0.25, 0.3) is 0 Å². The van der Waals surface area contributed by atoms with Crippen molar-refractivity contribution in [2.24, 2.45) is 15.2 Å². The Hall–Kier alpha value is -3.07. The molecule has 0 radical (unpaired) electrons. The molecule has 4 aromatic carbocycles. The van der Waals surface area contributed by atoms with Crippen LogP contribution in [0, 0.1) is 24.3 Å². The van der Waals surface area contributed by atoms with Gasteiger partial charge in [-0.3, -0.25) is 4.99 Å². The average Bonchev–Trinajstić information content (AvgIpc) is 3.43. The predicted molar refractivity (Wildman–Crippen MR) is 104 cm³/mol. The van der Waals surface area contributed by atoms with Crippen molar-refractivity contribution >= 4 is 23.3 Å². The Bertz CT molecular complexity index is 890. The smallest absolute Gasteiger partial charge is 0.0858 e. The van der Waals surface area contributed by atoms with Gasteiger partial charge in [-0.1, -0.05) is 18.2 Å². The minimum absolute atomic E-state index is 0. The number of hydrogen-bond donors (Lipinski definition) is 0. The number of benzene rings is 2. The first-order valence-corrected chi connectivity index (χ1v) is 8.05. The van der Waals surface area contributed by atoms with Gasteiger partial charge in [0.1, 0.15) is 0 Å². The van der Waals surface area contributed by atoms with E-state index in [1.165, 1.54) is 0 Å². The van der Waals surface area contributed by atoms with E-state index in [0.29, 0.717) is 0 Å². The van der Waals surface area contributed by atoms with Crippen LogP contribution in [0.4, 0.5) is 17.1 Å². The summed E-state index contributed by atoms with van der Waals surface area (Å²) in [6, 6.07) is 37.4. The van der Waals surface area contributed by atoms with Crippen LogP contribution >= 0.6 is 0 Å². The first kappa shape index (κ1) is 20.2. The van der Waals surface area contributed by atoms with Crippen LogP contribution in [-0.2, 0) is 17.1 Å². The second-order valence-corrected chi connectivity index (χ2v) is 5.21. The minimum Gasteiger partial charge on any atom is -0.999 e. The summed E-state index contributed by atoms with van der Waals surface area (Å²) in [5, 5.41) is 8.38. The van der Waals surface area contributed by atoms with Gasteiger partial charge < -0.3 is 30.3 Å². The summed E-state index contributed by atoms with van der Waals surface area (Å²) in [6.45, 7) is 0. The van der Waals surface area contributed by atoms with Gasteiger partial charge in [0, 0.05) is 17.1 Å². The van der Waals surface area contributed by atoms with Crippen LogP contribution in [0.1, 0.15) is 5.56 Å². The standard InChI is InChI=1S/C18H14N3.C5H.Fe/c1-2-8-17(9-3-1)20-21-18-12-10-16(11-13-18)19-14-15-6-4-5-7-15;1-2-4-5-3-1;/h1-14H;1H;/q-1;-5;. The van der Waals surface area contributed by atoms with Gasteiger partial charge in [-0.25, -0.2) is 12.1 Å². The Labute approximate surface area is 170 Å². The van der Waals surface area contributed by atoms with E-state index in [1.54, 1.807) is 6.07 Å². The molecule has 0 aliphatic carbocycles. The number of aliphatic imine (C=N–C) groups is 1. The molecule has 0 aliphatic heterocycles. The van der Waals surface area contributed by atoms with Gasteiger partial charge in [0.05, 0.1) is 17.1 Å². The van der Waals surface area contributed by atoms with Gasteiger partial charge >= 0.3 is 0 Å². The first-order valence-electron chi connectivity index (χ1n) is 8.05.